The SMILES string of the molecule is CC1=CC=C(OC(=O)c2ccc(OC(O)C3=CCC(C)C=C3)cc2)CC1. The zero-order valence-corrected chi connectivity index (χ0v) is 15.1. The first-order valence-electron chi connectivity index (χ1n) is 8.93. The van der Waals surface area contributed by atoms with Crippen LogP contribution in [0.15, 0.2) is 71.6 Å². The highest BCUT2D eigenvalue weighted by Crippen LogP contribution is 2.23. The molecule has 136 valence electrons. The molecule has 3 rings (SSSR count). The van der Waals surface area contributed by atoms with Gasteiger partial charge in [-0.25, -0.2) is 4.79 Å². The van der Waals surface area contributed by atoms with Crippen LogP contribution in [0.5, 0.6) is 5.75 Å². The van der Waals surface area contributed by atoms with E-state index in [1.807, 2.05) is 24.3 Å². The molecule has 0 saturated carbocycles. The first kappa shape index (κ1) is 18.2. The Morgan fingerprint density at radius 3 is 2.58 bits per heavy atom. The second kappa shape index (κ2) is 8.19. The van der Waals surface area contributed by atoms with Gasteiger partial charge in [-0.2, -0.15) is 0 Å². The first-order chi connectivity index (χ1) is 12.5. The van der Waals surface area contributed by atoms with Crippen LogP contribution in [0.4, 0.5) is 0 Å². The smallest absolute Gasteiger partial charge is 0.343 e. The summed E-state index contributed by atoms with van der Waals surface area (Å²) in [7, 11) is 0. The van der Waals surface area contributed by atoms with E-state index in [1.54, 1.807) is 24.3 Å². The molecule has 0 bridgehead atoms. The summed E-state index contributed by atoms with van der Waals surface area (Å²) in [6, 6.07) is 6.60. The Bertz CT molecular complexity index is 781. The normalized spacial score (nSPS) is 20.6. The summed E-state index contributed by atoms with van der Waals surface area (Å²) < 4.78 is 11.0. The second-order valence-electron chi connectivity index (χ2n) is 6.81. The fraction of sp³-hybridized carbons (Fsp3) is 0.318. The van der Waals surface area contributed by atoms with E-state index in [2.05, 4.69) is 19.9 Å². The Kier molecular flexibility index (Phi) is 5.74. The molecule has 1 aromatic rings. The van der Waals surface area contributed by atoms with Gasteiger partial charge in [-0.1, -0.05) is 36.8 Å². The average Bonchev–Trinajstić information content (AvgIpc) is 2.64. The number of benzene rings is 1. The lowest BCUT2D eigenvalue weighted by Gasteiger charge is -2.18. The molecule has 0 amide bonds. The number of hydrogen-bond acceptors (Lipinski definition) is 4. The zero-order chi connectivity index (χ0) is 18.5. The highest BCUT2D eigenvalue weighted by Gasteiger charge is 2.15. The van der Waals surface area contributed by atoms with Crippen molar-refractivity contribution in [2.24, 2.45) is 5.92 Å². The second-order valence-corrected chi connectivity index (χ2v) is 6.81. The third-order valence-electron chi connectivity index (χ3n) is 4.51. The Morgan fingerprint density at radius 2 is 1.96 bits per heavy atom. The molecule has 0 spiro atoms. The van der Waals surface area contributed by atoms with E-state index in [4.69, 9.17) is 9.47 Å². The van der Waals surface area contributed by atoms with E-state index in [9.17, 15) is 9.90 Å². The number of allylic oxidation sites excluding steroid dienone is 6. The lowest BCUT2D eigenvalue weighted by atomic mass is 9.98. The molecular weight excluding hydrogens is 328 g/mol. The van der Waals surface area contributed by atoms with Crippen LogP contribution in [0.2, 0.25) is 0 Å². The minimum Gasteiger partial charge on any atom is -0.461 e. The van der Waals surface area contributed by atoms with Crippen LogP contribution < -0.4 is 4.74 Å². The van der Waals surface area contributed by atoms with Gasteiger partial charge in [0.15, 0.2) is 0 Å². The third-order valence-corrected chi connectivity index (χ3v) is 4.51. The van der Waals surface area contributed by atoms with Crippen molar-refractivity contribution in [1.29, 1.82) is 0 Å². The van der Waals surface area contributed by atoms with E-state index in [1.165, 1.54) is 5.57 Å². The predicted molar refractivity (Wildman–Crippen MR) is 101 cm³/mol. The minimum absolute atomic E-state index is 0.386. The van der Waals surface area contributed by atoms with Crippen LogP contribution in [0.3, 0.4) is 0 Å². The number of rotatable bonds is 5. The van der Waals surface area contributed by atoms with Gasteiger partial charge in [0, 0.05) is 12.0 Å². The molecule has 2 unspecified atom stereocenters. The Labute approximate surface area is 154 Å². The quantitative estimate of drug-likeness (QED) is 0.617. The van der Waals surface area contributed by atoms with Gasteiger partial charge in [0.2, 0.25) is 6.29 Å². The fourth-order valence-corrected chi connectivity index (χ4v) is 2.78. The lowest BCUT2D eigenvalue weighted by Crippen LogP contribution is -2.19. The Hall–Kier alpha value is -2.59. The molecule has 2 aliphatic carbocycles. The molecule has 0 aliphatic heterocycles. The van der Waals surface area contributed by atoms with Gasteiger partial charge in [-0.15, -0.1) is 0 Å². The van der Waals surface area contributed by atoms with Crippen molar-refractivity contribution < 1.29 is 19.4 Å². The van der Waals surface area contributed by atoms with Gasteiger partial charge in [-0.05, 0) is 56.0 Å². The maximum absolute atomic E-state index is 12.2. The summed E-state index contributed by atoms with van der Waals surface area (Å²) >= 11 is 0. The average molecular weight is 352 g/mol. The van der Waals surface area contributed by atoms with Crippen molar-refractivity contribution in [3.8, 4) is 5.75 Å². The van der Waals surface area contributed by atoms with Crippen LogP contribution in [0.1, 0.15) is 43.5 Å². The molecule has 1 aromatic carbocycles. The van der Waals surface area contributed by atoms with E-state index in [0.717, 1.165) is 24.8 Å². The number of hydrogen-bond donors (Lipinski definition) is 1. The molecule has 0 radical (unpaired) electrons. The largest absolute Gasteiger partial charge is 0.461 e. The fourth-order valence-electron chi connectivity index (χ4n) is 2.78. The maximum Gasteiger partial charge on any atom is 0.343 e. The van der Waals surface area contributed by atoms with Crippen LogP contribution in [0, 0.1) is 5.92 Å². The standard InChI is InChI=1S/C22H24O4/c1-15-3-7-17(8-4-15)21(23)26-20-13-9-18(10-14-20)22(24)25-19-11-5-16(2)6-12-19/h3,5,7-11,13-15,21,23H,4,6,12H2,1-2H3. The van der Waals surface area contributed by atoms with Crippen molar-refractivity contribution in [3.05, 3.63) is 77.1 Å². The number of carbonyl (C=O) groups excluding carboxylic acids is 1. The number of ether oxygens (including phenoxy) is 2. The summed E-state index contributed by atoms with van der Waals surface area (Å²) in [5.74, 6) is 1.28. The predicted octanol–water partition coefficient (Wildman–Crippen LogP) is 4.69. The van der Waals surface area contributed by atoms with Crippen LogP contribution >= 0.6 is 0 Å². The molecule has 1 N–H and O–H groups in total. The summed E-state index contributed by atoms with van der Waals surface area (Å²) in [5.41, 5.74) is 2.48. The van der Waals surface area contributed by atoms with Crippen molar-refractivity contribution in [1.82, 2.24) is 0 Å². The van der Waals surface area contributed by atoms with Gasteiger partial charge in [-0.3, -0.25) is 0 Å². The van der Waals surface area contributed by atoms with Crippen LogP contribution in [-0.2, 0) is 4.74 Å². The van der Waals surface area contributed by atoms with Gasteiger partial charge >= 0.3 is 5.97 Å². The topological polar surface area (TPSA) is 55.8 Å². The molecule has 2 aliphatic rings. The summed E-state index contributed by atoms with van der Waals surface area (Å²) in [5, 5.41) is 10.2. The highest BCUT2D eigenvalue weighted by atomic mass is 16.6. The molecule has 0 heterocycles. The summed E-state index contributed by atoms with van der Waals surface area (Å²) in [6.07, 6.45) is 11.3. The van der Waals surface area contributed by atoms with E-state index in [0.29, 0.717) is 23.0 Å². The Balaban J connectivity index is 1.58. The minimum atomic E-state index is -1.01. The molecule has 4 heteroatoms. The molecule has 0 fully saturated rings. The third kappa shape index (κ3) is 4.73. The number of carbonyl (C=O) groups is 1. The van der Waals surface area contributed by atoms with Crippen molar-refractivity contribution in [3.63, 3.8) is 0 Å². The maximum atomic E-state index is 12.2. The van der Waals surface area contributed by atoms with Gasteiger partial charge in [0.25, 0.3) is 0 Å². The van der Waals surface area contributed by atoms with Gasteiger partial charge in [0.1, 0.15) is 11.5 Å². The van der Waals surface area contributed by atoms with Gasteiger partial charge < -0.3 is 14.6 Å². The lowest BCUT2D eigenvalue weighted by molar-refractivity contribution is 0.0170. The molecule has 2 atom stereocenters. The molecule has 0 saturated heterocycles. The highest BCUT2D eigenvalue weighted by molar-refractivity contribution is 5.90. The van der Waals surface area contributed by atoms with Crippen molar-refractivity contribution in [2.75, 3.05) is 0 Å². The van der Waals surface area contributed by atoms with Gasteiger partial charge in [0.05, 0.1) is 5.56 Å². The first-order valence-corrected chi connectivity index (χ1v) is 8.93. The number of aliphatic hydroxyl groups is 1. The van der Waals surface area contributed by atoms with E-state index < -0.39 is 6.29 Å². The Morgan fingerprint density at radius 1 is 1.19 bits per heavy atom. The number of esters is 1. The van der Waals surface area contributed by atoms with Crippen LogP contribution in [0.25, 0.3) is 0 Å². The summed E-state index contributed by atoms with van der Waals surface area (Å²) in [6.45, 7) is 4.18. The monoisotopic (exact) mass is 352 g/mol. The molecule has 4 nitrogen and oxygen atoms in total. The summed E-state index contributed by atoms with van der Waals surface area (Å²) in [4.78, 5) is 12.2. The van der Waals surface area contributed by atoms with Crippen molar-refractivity contribution in [2.45, 2.75) is 39.4 Å². The molecule has 0 aromatic heterocycles. The molecular formula is C22H24O4. The van der Waals surface area contributed by atoms with E-state index >= 15 is 0 Å². The molecule has 26 heavy (non-hydrogen) atoms. The van der Waals surface area contributed by atoms with Crippen molar-refractivity contribution >= 4 is 5.97 Å². The number of aliphatic hydroxyl groups excluding tert-OH is 1. The van der Waals surface area contributed by atoms with E-state index in [-0.39, 0.29) is 5.97 Å². The van der Waals surface area contributed by atoms with Crippen LogP contribution in [-0.4, -0.2) is 17.4 Å². The zero-order valence-electron chi connectivity index (χ0n) is 15.1.